The summed E-state index contributed by atoms with van der Waals surface area (Å²) in [7, 11) is -4.08. The second-order valence-electron chi connectivity index (χ2n) is 11.1. The van der Waals surface area contributed by atoms with Gasteiger partial charge in [0.1, 0.15) is 12.6 Å². The minimum atomic E-state index is -4.08. The third kappa shape index (κ3) is 7.55. The van der Waals surface area contributed by atoms with Crippen LogP contribution in [0.5, 0.6) is 0 Å². The fraction of sp³-hybridized carbons (Fsp3) is 0.394. The lowest BCUT2D eigenvalue weighted by molar-refractivity contribution is -0.139. The van der Waals surface area contributed by atoms with Crippen molar-refractivity contribution in [3.63, 3.8) is 0 Å². The molecule has 0 heterocycles. The molecule has 1 N–H and O–H groups in total. The molecule has 1 aliphatic carbocycles. The van der Waals surface area contributed by atoms with Gasteiger partial charge in [-0.1, -0.05) is 79.4 Å². The van der Waals surface area contributed by atoms with Crippen LogP contribution in [0.15, 0.2) is 77.7 Å². The molecule has 0 radical (unpaired) electrons. The topological polar surface area (TPSA) is 86.8 Å². The van der Waals surface area contributed by atoms with E-state index in [1.54, 1.807) is 31.2 Å². The fourth-order valence-corrected chi connectivity index (χ4v) is 6.87. The summed E-state index contributed by atoms with van der Waals surface area (Å²) in [6.45, 7) is 7.17. The highest BCUT2D eigenvalue weighted by Crippen LogP contribution is 2.28. The first-order valence-corrected chi connectivity index (χ1v) is 15.8. The molecule has 0 bridgehead atoms. The lowest BCUT2D eigenvalue weighted by atomic mass is 9.95. The van der Waals surface area contributed by atoms with Crippen molar-refractivity contribution in [3.05, 3.63) is 95.1 Å². The summed E-state index contributed by atoms with van der Waals surface area (Å²) >= 11 is 0. The van der Waals surface area contributed by atoms with Crippen LogP contribution in [0.1, 0.15) is 61.3 Å². The Morgan fingerprint density at radius 1 is 0.878 bits per heavy atom. The summed E-state index contributed by atoms with van der Waals surface area (Å²) in [5.41, 5.74) is 3.97. The number of aryl methyl sites for hydroxylation is 3. The van der Waals surface area contributed by atoms with Crippen molar-refractivity contribution in [1.29, 1.82) is 0 Å². The summed E-state index contributed by atoms with van der Waals surface area (Å²) < 4.78 is 29.2. The molecule has 3 aromatic carbocycles. The largest absolute Gasteiger partial charge is 0.352 e. The highest BCUT2D eigenvalue weighted by atomic mass is 32.2. The Bertz CT molecular complexity index is 1470. The van der Waals surface area contributed by atoms with Gasteiger partial charge in [-0.25, -0.2) is 8.42 Å². The lowest BCUT2D eigenvalue weighted by Crippen LogP contribution is -2.53. The van der Waals surface area contributed by atoms with Gasteiger partial charge in [-0.2, -0.15) is 0 Å². The molecule has 2 amide bonds. The maximum absolute atomic E-state index is 14.2. The number of amides is 2. The van der Waals surface area contributed by atoms with Crippen molar-refractivity contribution >= 4 is 27.5 Å². The number of carbonyl (C=O) groups is 2. The zero-order valence-electron chi connectivity index (χ0n) is 24.5. The minimum absolute atomic E-state index is 0.0968. The average molecular weight is 576 g/mol. The molecule has 1 saturated carbocycles. The van der Waals surface area contributed by atoms with Gasteiger partial charge in [0.15, 0.2) is 0 Å². The number of sulfonamides is 1. The third-order valence-electron chi connectivity index (χ3n) is 7.80. The van der Waals surface area contributed by atoms with Crippen molar-refractivity contribution < 1.29 is 18.0 Å². The van der Waals surface area contributed by atoms with Crippen molar-refractivity contribution in [2.45, 2.75) is 83.3 Å². The average Bonchev–Trinajstić information content (AvgIpc) is 2.96. The molecule has 1 unspecified atom stereocenters. The van der Waals surface area contributed by atoms with E-state index in [2.05, 4.69) is 5.32 Å². The van der Waals surface area contributed by atoms with Crippen LogP contribution in [0.2, 0.25) is 0 Å². The van der Waals surface area contributed by atoms with E-state index in [0.29, 0.717) is 5.69 Å². The molecule has 218 valence electrons. The second kappa shape index (κ2) is 13.3. The van der Waals surface area contributed by atoms with Gasteiger partial charge in [0.2, 0.25) is 11.8 Å². The van der Waals surface area contributed by atoms with Gasteiger partial charge >= 0.3 is 0 Å². The van der Waals surface area contributed by atoms with Crippen LogP contribution in [-0.2, 0) is 26.2 Å². The molecule has 7 nitrogen and oxygen atoms in total. The Balaban J connectivity index is 1.70. The molecule has 1 aliphatic rings. The van der Waals surface area contributed by atoms with Crippen molar-refractivity contribution in [2.75, 3.05) is 10.8 Å². The molecule has 1 fully saturated rings. The van der Waals surface area contributed by atoms with Crippen LogP contribution in [0.25, 0.3) is 0 Å². The van der Waals surface area contributed by atoms with Crippen LogP contribution < -0.4 is 9.62 Å². The summed E-state index contributed by atoms with van der Waals surface area (Å²) in [4.78, 5) is 29.2. The van der Waals surface area contributed by atoms with Gasteiger partial charge < -0.3 is 10.2 Å². The van der Waals surface area contributed by atoms with Gasteiger partial charge in [0, 0.05) is 12.6 Å². The van der Waals surface area contributed by atoms with Gasteiger partial charge in [-0.15, -0.1) is 0 Å². The number of rotatable bonds is 10. The van der Waals surface area contributed by atoms with Crippen LogP contribution >= 0.6 is 0 Å². The fourth-order valence-electron chi connectivity index (χ4n) is 5.38. The number of benzene rings is 3. The first kappa shape index (κ1) is 30.3. The number of hydrogen-bond donors (Lipinski definition) is 1. The van der Waals surface area contributed by atoms with Crippen LogP contribution in [0.3, 0.4) is 0 Å². The number of carbonyl (C=O) groups excluding carboxylic acids is 2. The Morgan fingerprint density at radius 2 is 1.56 bits per heavy atom. The number of anilines is 1. The van der Waals surface area contributed by atoms with E-state index in [9.17, 15) is 18.0 Å². The Labute approximate surface area is 244 Å². The van der Waals surface area contributed by atoms with Gasteiger partial charge in [0.05, 0.1) is 10.6 Å². The third-order valence-corrected chi connectivity index (χ3v) is 9.57. The normalized spacial score (nSPS) is 14.7. The Kier molecular flexibility index (Phi) is 9.86. The number of nitrogens with one attached hydrogen (secondary N) is 1. The predicted molar refractivity (Wildman–Crippen MR) is 163 cm³/mol. The molecule has 0 aliphatic heterocycles. The zero-order chi connectivity index (χ0) is 29.6. The summed E-state index contributed by atoms with van der Waals surface area (Å²) in [5.74, 6) is -0.666. The van der Waals surface area contributed by atoms with Gasteiger partial charge in [0.25, 0.3) is 10.0 Å². The molecule has 4 rings (SSSR count). The van der Waals surface area contributed by atoms with E-state index >= 15 is 0 Å². The SMILES string of the molecule is Cc1cccc(CN(C(=O)CN(c2cc(C)ccc2C)S(=O)(=O)c2ccccc2)C(C)C(=O)NC2CCCCC2)c1. The first-order chi connectivity index (χ1) is 19.6. The molecular weight excluding hydrogens is 534 g/mol. The number of nitrogens with zero attached hydrogens (tertiary/aromatic N) is 2. The van der Waals surface area contributed by atoms with Crippen LogP contribution in [0.4, 0.5) is 5.69 Å². The molecule has 0 aromatic heterocycles. The lowest BCUT2D eigenvalue weighted by Gasteiger charge is -2.33. The standard InChI is InChI=1S/C33H41N3O4S/c1-24-12-11-13-28(20-24)22-35(27(4)33(38)34-29-14-7-5-8-15-29)32(37)23-36(31-21-25(2)18-19-26(31)3)41(39,40)30-16-9-6-10-17-30/h6,9-13,16-21,27,29H,5,7-8,14-15,22-23H2,1-4H3,(H,34,38). The quantitative estimate of drug-likeness (QED) is 0.337. The molecule has 0 saturated heterocycles. The zero-order valence-corrected chi connectivity index (χ0v) is 25.3. The highest BCUT2D eigenvalue weighted by Gasteiger charge is 2.33. The second-order valence-corrected chi connectivity index (χ2v) is 13.0. The molecular formula is C33H41N3O4S. The van der Waals surface area contributed by atoms with E-state index < -0.39 is 28.5 Å². The van der Waals surface area contributed by atoms with E-state index in [1.807, 2.05) is 57.2 Å². The monoisotopic (exact) mass is 575 g/mol. The molecule has 1 atom stereocenters. The van der Waals surface area contributed by atoms with Gasteiger partial charge in [-0.3, -0.25) is 13.9 Å². The Morgan fingerprint density at radius 3 is 2.24 bits per heavy atom. The van der Waals surface area contributed by atoms with Crippen molar-refractivity contribution in [2.24, 2.45) is 0 Å². The van der Waals surface area contributed by atoms with Crippen molar-refractivity contribution in [3.8, 4) is 0 Å². The Hall–Kier alpha value is -3.65. The predicted octanol–water partition coefficient (Wildman–Crippen LogP) is 5.67. The van der Waals surface area contributed by atoms with E-state index in [4.69, 9.17) is 0 Å². The first-order valence-electron chi connectivity index (χ1n) is 14.4. The highest BCUT2D eigenvalue weighted by molar-refractivity contribution is 7.92. The molecule has 0 spiro atoms. The molecule has 41 heavy (non-hydrogen) atoms. The maximum Gasteiger partial charge on any atom is 0.264 e. The van der Waals surface area contributed by atoms with Crippen LogP contribution in [-0.4, -0.2) is 43.8 Å². The van der Waals surface area contributed by atoms with E-state index in [1.165, 1.54) is 27.8 Å². The summed E-state index contributed by atoms with van der Waals surface area (Å²) in [6, 6.07) is 20.8. The van der Waals surface area contributed by atoms with Gasteiger partial charge in [-0.05, 0) is 75.4 Å². The summed E-state index contributed by atoms with van der Waals surface area (Å²) in [6.07, 6.45) is 5.19. The minimum Gasteiger partial charge on any atom is -0.352 e. The van der Waals surface area contributed by atoms with Crippen molar-refractivity contribution in [1.82, 2.24) is 10.2 Å². The maximum atomic E-state index is 14.2. The molecule has 8 heteroatoms. The van der Waals surface area contributed by atoms with E-state index in [0.717, 1.165) is 47.9 Å². The van der Waals surface area contributed by atoms with Crippen LogP contribution in [0, 0.1) is 20.8 Å². The smallest absolute Gasteiger partial charge is 0.264 e. The summed E-state index contributed by atoms with van der Waals surface area (Å²) in [5, 5.41) is 3.14. The number of hydrogen-bond acceptors (Lipinski definition) is 4. The molecule has 3 aromatic rings. The van der Waals surface area contributed by atoms with E-state index in [-0.39, 0.29) is 23.4 Å².